The van der Waals surface area contributed by atoms with Crippen molar-refractivity contribution in [1.82, 2.24) is 0 Å². The van der Waals surface area contributed by atoms with Crippen LogP contribution in [0.1, 0.15) is 53.4 Å². The van der Waals surface area contributed by atoms with Crippen molar-refractivity contribution in [2.75, 3.05) is 0 Å². The minimum atomic E-state index is 0. The van der Waals surface area contributed by atoms with Crippen LogP contribution in [0.4, 0.5) is 0 Å². The zero-order valence-electron chi connectivity index (χ0n) is 11.0. The monoisotopic (exact) mass is 512 g/mol. The van der Waals surface area contributed by atoms with E-state index in [4.69, 9.17) is 5.73 Å². The number of rotatable bonds is 0. The maximum absolute atomic E-state index is 7.97. The summed E-state index contributed by atoms with van der Waals surface area (Å²) in [6.07, 6.45) is 7.58. The molecule has 0 aromatic carbocycles. The first-order valence-electron chi connectivity index (χ1n) is 4.80. The van der Waals surface area contributed by atoms with Crippen LogP contribution in [-0.2, 0) is 53.8 Å². The van der Waals surface area contributed by atoms with E-state index in [1.807, 2.05) is 0 Å². The van der Waals surface area contributed by atoms with Crippen molar-refractivity contribution in [3.05, 3.63) is 34.9 Å². The molecule has 0 aromatic rings. The fraction of sp³-hybridized carbons (Fsp3) is 0.733. The fourth-order valence-electron chi connectivity index (χ4n) is 3.05. The first-order valence-corrected chi connectivity index (χ1v) is 4.80. The minimum Gasteiger partial charge on any atom is -0.674 e. The summed E-state index contributed by atoms with van der Waals surface area (Å²) in [5, 5.41) is 0. The Morgan fingerprint density at radius 3 is 1.61 bits per heavy atom. The second-order valence-corrected chi connectivity index (χ2v) is 4.27. The molecule has 2 fully saturated rings. The average Bonchev–Trinajstić information content (AvgIpc) is 2.48. The van der Waals surface area contributed by atoms with Gasteiger partial charge in [-0.2, -0.15) is 5.92 Å². The number of nitrogens with one attached hydrogen (secondary N) is 1. The Balaban J connectivity index is -0.0000000514. The van der Waals surface area contributed by atoms with E-state index >= 15 is 0 Å². The van der Waals surface area contributed by atoms with Crippen LogP contribution in [0.15, 0.2) is 0 Å². The Morgan fingerprint density at radius 2 is 1.33 bits per heavy atom. The zero-order chi connectivity index (χ0) is 7.90. The van der Waals surface area contributed by atoms with Gasteiger partial charge in [0.25, 0.3) is 0 Å². The van der Waals surface area contributed by atoms with Crippen molar-refractivity contribution in [3.63, 3.8) is 0 Å². The molecule has 0 amide bonds. The van der Waals surface area contributed by atoms with Crippen LogP contribution in [0.3, 0.4) is 0 Å². The molecule has 3 unspecified atom stereocenters. The molecular weight excluding hydrogens is 478 g/mol. The van der Waals surface area contributed by atoms with Crippen molar-refractivity contribution in [2.24, 2.45) is 11.3 Å². The number of hydrogen-bond donors (Lipinski definition) is 0. The average molecular weight is 512 g/mol. The molecule has 1 N–H and O–H groups in total. The van der Waals surface area contributed by atoms with E-state index in [2.05, 4.69) is 6.92 Å². The van der Waals surface area contributed by atoms with Gasteiger partial charge in [0.1, 0.15) is 0 Å². The molecule has 117 valence electrons. The van der Waals surface area contributed by atoms with Gasteiger partial charge in [-0.1, -0.05) is 58.8 Å². The van der Waals surface area contributed by atoms with Crippen LogP contribution in [0.5, 0.6) is 0 Å². The van der Waals surface area contributed by atoms with E-state index in [1.165, 1.54) is 32.1 Å². The molecule has 3 atom stereocenters. The summed E-state index contributed by atoms with van der Waals surface area (Å²) in [6.45, 7) is 4.20. The SMILES string of the molecule is C.C.[CH2-]C1CCCC12CCCC2[NH-].[CH3-].[CH3-].[CH3-].[Pt].[Y]. The van der Waals surface area contributed by atoms with Gasteiger partial charge in [-0.05, 0) is 0 Å². The molecule has 2 aliphatic carbocycles. The van der Waals surface area contributed by atoms with Crippen molar-refractivity contribution >= 4 is 0 Å². The Kier molecular flexibility index (Phi) is 30.9. The molecule has 0 saturated heterocycles. The van der Waals surface area contributed by atoms with E-state index in [9.17, 15) is 0 Å². The third-order valence-electron chi connectivity index (χ3n) is 3.84. The maximum Gasteiger partial charge on any atom is 0 e. The summed E-state index contributed by atoms with van der Waals surface area (Å²) in [6, 6.07) is 0.215. The predicted molar refractivity (Wildman–Crippen MR) is 79.8 cm³/mol. The molecule has 2 rings (SSSR count). The second-order valence-electron chi connectivity index (χ2n) is 4.27. The molecule has 18 heavy (non-hydrogen) atoms. The van der Waals surface area contributed by atoms with Gasteiger partial charge >= 0.3 is 0 Å². The molecule has 2 saturated carbocycles. The Morgan fingerprint density at radius 1 is 0.944 bits per heavy atom. The summed E-state index contributed by atoms with van der Waals surface area (Å²) in [5.41, 5.74) is 8.33. The fourth-order valence-corrected chi connectivity index (χ4v) is 3.05. The molecular formula is C15H34NPtY-5. The van der Waals surface area contributed by atoms with Gasteiger partial charge in [-0.25, -0.2) is 0 Å². The van der Waals surface area contributed by atoms with E-state index in [-0.39, 0.29) is 96.9 Å². The molecule has 1 nitrogen and oxygen atoms in total. The standard InChI is InChI=1S/C10H17N.2CH4.3CH3.Pt.Y/c1-8-4-2-6-10(8)7-3-5-9(10)11;;;;;;;/h8-9,11H,1-7H2;2*1H4;3*1H3;;/q-2;;;3*-1;;. The molecule has 0 aromatic heterocycles. The maximum atomic E-state index is 7.97. The van der Waals surface area contributed by atoms with Gasteiger partial charge in [0.15, 0.2) is 0 Å². The van der Waals surface area contributed by atoms with Gasteiger partial charge in [0.05, 0.1) is 0 Å². The first-order chi connectivity index (χ1) is 5.26. The van der Waals surface area contributed by atoms with Gasteiger partial charge in [-0.3, -0.25) is 0 Å². The Bertz CT molecular complexity index is 147. The van der Waals surface area contributed by atoms with Crippen LogP contribution < -0.4 is 0 Å². The van der Waals surface area contributed by atoms with E-state index < -0.39 is 0 Å². The smallest absolute Gasteiger partial charge is 0 e. The normalized spacial score (nSPS) is 31.0. The second kappa shape index (κ2) is 15.1. The van der Waals surface area contributed by atoms with E-state index in [1.54, 1.807) is 0 Å². The summed E-state index contributed by atoms with van der Waals surface area (Å²) in [5.74, 6) is 0.590. The van der Waals surface area contributed by atoms with Crippen LogP contribution in [0, 0.1) is 40.5 Å². The third kappa shape index (κ3) is 6.47. The van der Waals surface area contributed by atoms with Crippen molar-refractivity contribution in [3.8, 4) is 0 Å². The van der Waals surface area contributed by atoms with Gasteiger partial charge < -0.3 is 34.9 Å². The molecule has 0 aliphatic heterocycles. The first kappa shape index (κ1) is 36.7. The third-order valence-corrected chi connectivity index (χ3v) is 3.84. The van der Waals surface area contributed by atoms with Crippen molar-refractivity contribution in [1.29, 1.82) is 0 Å². The molecule has 3 heteroatoms. The van der Waals surface area contributed by atoms with E-state index in [0.29, 0.717) is 11.3 Å². The molecule has 2 aliphatic rings. The quantitative estimate of drug-likeness (QED) is 0.365. The predicted octanol–water partition coefficient (Wildman–Crippen LogP) is 5.83. The molecule has 0 heterocycles. The van der Waals surface area contributed by atoms with Crippen LogP contribution in [0.25, 0.3) is 5.73 Å². The van der Waals surface area contributed by atoms with Crippen LogP contribution >= 0.6 is 0 Å². The summed E-state index contributed by atoms with van der Waals surface area (Å²) in [4.78, 5) is 0. The van der Waals surface area contributed by atoms with Gasteiger partial charge in [0, 0.05) is 53.8 Å². The number of hydrogen-bond acceptors (Lipinski definition) is 0. The van der Waals surface area contributed by atoms with Crippen molar-refractivity contribution in [2.45, 2.75) is 59.4 Å². The molecule has 1 radical (unpaired) electrons. The van der Waals surface area contributed by atoms with Crippen LogP contribution in [-0.4, -0.2) is 6.04 Å². The van der Waals surface area contributed by atoms with Gasteiger partial charge in [-0.15, -0.1) is 6.04 Å². The summed E-state index contributed by atoms with van der Waals surface area (Å²) in [7, 11) is 0. The summed E-state index contributed by atoms with van der Waals surface area (Å²) >= 11 is 0. The summed E-state index contributed by atoms with van der Waals surface area (Å²) < 4.78 is 0. The van der Waals surface area contributed by atoms with Crippen LogP contribution in [0.2, 0.25) is 0 Å². The topological polar surface area (TPSA) is 23.8 Å². The Labute approximate surface area is 158 Å². The van der Waals surface area contributed by atoms with E-state index in [0.717, 1.165) is 6.42 Å². The largest absolute Gasteiger partial charge is 0.674 e. The zero-order valence-corrected chi connectivity index (χ0v) is 16.1. The minimum absolute atomic E-state index is 0. The van der Waals surface area contributed by atoms with Crippen molar-refractivity contribution < 1.29 is 53.8 Å². The molecule has 1 spiro atoms. The molecule has 0 bridgehead atoms. The Hall–Kier alpha value is 1.75. The van der Waals surface area contributed by atoms with Gasteiger partial charge in [0.2, 0.25) is 0 Å².